The zero-order valence-corrected chi connectivity index (χ0v) is 14.0. The predicted octanol–water partition coefficient (Wildman–Crippen LogP) is 2.96. The monoisotopic (exact) mass is 331 g/mol. The van der Waals surface area contributed by atoms with Crippen LogP contribution in [0.1, 0.15) is 47.3 Å². The lowest BCUT2D eigenvalue weighted by molar-refractivity contribution is 0.0698. The molecule has 0 saturated heterocycles. The summed E-state index contributed by atoms with van der Waals surface area (Å²) in [4.78, 5) is 11.1. The van der Waals surface area contributed by atoms with Crippen LogP contribution in [0.2, 0.25) is 0 Å². The van der Waals surface area contributed by atoms with E-state index in [0.717, 1.165) is 37.0 Å². The number of carboxylic acid groups (broad SMARTS) is 1. The van der Waals surface area contributed by atoms with E-state index < -0.39 is 16.0 Å². The quantitative estimate of drug-likeness (QED) is 0.900. The third-order valence-corrected chi connectivity index (χ3v) is 7.25. The van der Waals surface area contributed by atoms with Crippen LogP contribution in [-0.4, -0.2) is 37.4 Å². The Morgan fingerprint density at radius 3 is 2.57 bits per heavy atom. The Bertz CT molecular complexity index is 615. The van der Waals surface area contributed by atoms with Crippen molar-refractivity contribution in [2.24, 2.45) is 5.92 Å². The molecule has 0 aliphatic heterocycles. The van der Waals surface area contributed by atoms with E-state index in [1.807, 2.05) is 0 Å². The Hall–Kier alpha value is -0.920. The number of sulfonamides is 1. The maximum Gasteiger partial charge on any atom is 0.347 e. The number of carbonyl (C=O) groups is 1. The number of aromatic carboxylic acids is 1. The number of thiophene rings is 1. The standard InChI is InChI=1S/C14H21NO4S2/c1-10-9-20-12(14(16)17)13(10)21(18,19)15(2)8-11-6-4-3-5-7-11/h9,11H,3-8H2,1-2H3,(H,16,17). The van der Waals surface area contributed by atoms with Crippen molar-refractivity contribution >= 4 is 27.3 Å². The molecule has 1 aliphatic carbocycles. The lowest BCUT2D eigenvalue weighted by atomic mass is 9.89. The fourth-order valence-electron chi connectivity index (χ4n) is 2.89. The molecule has 2 rings (SSSR count). The lowest BCUT2D eigenvalue weighted by Crippen LogP contribution is -2.33. The van der Waals surface area contributed by atoms with Crippen molar-refractivity contribution in [3.05, 3.63) is 15.8 Å². The zero-order valence-electron chi connectivity index (χ0n) is 12.3. The minimum Gasteiger partial charge on any atom is -0.477 e. The van der Waals surface area contributed by atoms with Gasteiger partial charge in [-0.2, -0.15) is 0 Å². The summed E-state index contributed by atoms with van der Waals surface area (Å²) in [6, 6.07) is 0. The van der Waals surface area contributed by atoms with E-state index in [1.54, 1.807) is 19.4 Å². The van der Waals surface area contributed by atoms with Gasteiger partial charge in [0.05, 0.1) is 0 Å². The molecular weight excluding hydrogens is 310 g/mol. The third-order valence-electron chi connectivity index (χ3n) is 4.02. The normalized spacial score (nSPS) is 17.3. The van der Waals surface area contributed by atoms with Crippen molar-refractivity contribution in [3.63, 3.8) is 0 Å². The van der Waals surface area contributed by atoms with E-state index >= 15 is 0 Å². The summed E-state index contributed by atoms with van der Waals surface area (Å²) in [6.45, 7) is 2.11. The van der Waals surface area contributed by atoms with Gasteiger partial charge in [0.1, 0.15) is 9.77 Å². The molecule has 1 aromatic rings. The van der Waals surface area contributed by atoms with Gasteiger partial charge in [-0.15, -0.1) is 11.3 Å². The molecule has 0 aromatic carbocycles. The van der Waals surface area contributed by atoms with Gasteiger partial charge >= 0.3 is 5.97 Å². The lowest BCUT2D eigenvalue weighted by Gasteiger charge is -2.26. The molecule has 0 amide bonds. The summed E-state index contributed by atoms with van der Waals surface area (Å²) < 4.78 is 26.7. The third kappa shape index (κ3) is 3.46. The number of aryl methyl sites for hydroxylation is 1. The Labute approximate surface area is 129 Å². The first-order valence-corrected chi connectivity index (χ1v) is 9.43. The molecule has 1 aromatic heterocycles. The predicted molar refractivity (Wildman–Crippen MR) is 82.4 cm³/mol. The van der Waals surface area contributed by atoms with E-state index in [4.69, 9.17) is 0 Å². The van der Waals surface area contributed by atoms with Crippen molar-refractivity contribution in [3.8, 4) is 0 Å². The van der Waals surface area contributed by atoms with Crippen LogP contribution in [0.25, 0.3) is 0 Å². The largest absolute Gasteiger partial charge is 0.477 e. The molecule has 0 unspecified atom stereocenters. The molecule has 1 heterocycles. The Kier molecular flexibility index (Phi) is 5.06. The van der Waals surface area contributed by atoms with E-state index in [0.29, 0.717) is 18.0 Å². The summed E-state index contributed by atoms with van der Waals surface area (Å²) in [6.07, 6.45) is 5.62. The molecule has 0 atom stereocenters. The van der Waals surface area contributed by atoms with Gasteiger partial charge in [0.15, 0.2) is 0 Å². The maximum atomic E-state index is 12.7. The first-order valence-electron chi connectivity index (χ1n) is 7.11. The average Bonchev–Trinajstić information content (AvgIpc) is 2.82. The van der Waals surface area contributed by atoms with Crippen molar-refractivity contribution in [2.75, 3.05) is 13.6 Å². The number of rotatable bonds is 5. The van der Waals surface area contributed by atoms with Crippen LogP contribution in [0, 0.1) is 12.8 Å². The molecule has 1 aliphatic rings. The average molecular weight is 331 g/mol. The van der Waals surface area contributed by atoms with Crippen LogP contribution in [0.5, 0.6) is 0 Å². The van der Waals surface area contributed by atoms with E-state index in [1.165, 1.54) is 10.7 Å². The molecule has 0 radical (unpaired) electrons. The van der Waals surface area contributed by atoms with Crippen LogP contribution < -0.4 is 0 Å². The fourth-order valence-corrected chi connectivity index (χ4v) is 5.71. The molecule has 0 bridgehead atoms. The summed E-state index contributed by atoms with van der Waals surface area (Å²) >= 11 is 0.969. The number of hydrogen-bond acceptors (Lipinski definition) is 4. The SMILES string of the molecule is Cc1csc(C(=O)O)c1S(=O)(=O)N(C)CC1CCCCC1. The van der Waals surface area contributed by atoms with Crippen LogP contribution in [-0.2, 0) is 10.0 Å². The number of hydrogen-bond donors (Lipinski definition) is 1. The second-order valence-corrected chi connectivity index (χ2v) is 8.53. The van der Waals surface area contributed by atoms with Gasteiger partial charge in [-0.3, -0.25) is 0 Å². The maximum absolute atomic E-state index is 12.7. The van der Waals surface area contributed by atoms with E-state index in [-0.39, 0.29) is 9.77 Å². The number of nitrogens with zero attached hydrogens (tertiary/aromatic N) is 1. The summed E-state index contributed by atoms with van der Waals surface area (Å²) in [5.41, 5.74) is 0.507. The van der Waals surface area contributed by atoms with Gasteiger partial charge in [-0.25, -0.2) is 17.5 Å². The molecule has 118 valence electrons. The van der Waals surface area contributed by atoms with Gasteiger partial charge in [-0.1, -0.05) is 19.3 Å². The smallest absolute Gasteiger partial charge is 0.347 e. The van der Waals surface area contributed by atoms with E-state index in [2.05, 4.69) is 0 Å². The highest BCUT2D eigenvalue weighted by Crippen LogP contribution is 2.31. The second kappa shape index (κ2) is 6.46. The fraction of sp³-hybridized carbons (Fsp3) is 0.643. The molecule has 1 fully saturated rings. The van der Waals surface area contributed by atoms with Crippen molar-refractivity contribution < 1.29 is 18.3 Å². The van der Waals surface area contributed by atoms with Crippen molar-refractivity contribution in [1.29, 1.82) is 0 Å². The summed E-state index contributed by atoms with van der Waals surface area (Å²) in [5, 5.41) is 10.8. The first kappa shape index (κ1) is 16.5. The molecule has 1 N–H and O–H groups in total. The number of carboxylic acids is 1. The van der Waals surface area contributed by atoms with Gasteiger partial charge in [-0.05, 0) is 36.6 Å². The summed E-state index contributed by atoms with van der Waals surface area (Å²) in [7, 11) is -2.19. The topological polar surface area (TPSA) is 74.7 Å². The summed E-state index contributed by atoms with van der Waals surface area (Å²) in [5.74, 6) is -0.802. The highest BCUT2D eigenvalue weighted by atomic mass is 32.2. The molecule has 21 heavy (non-hydrogen) atoms. The van der Waals surface area contributed by atoms with Gasteiger partial charge in [0, 0.05) is 13.6 Å². The van der Waals surface area contributed by atoms with Crippen LogP contribution in [0.3, 0.4) is 0 Å². The van der Waals surface area contributed by atoms with Crippen molar-refractivity contribution in [1.82, 2.24) is 4.31 Å². The Balaban J connectivity index is 2.24. The molecule has 1 saturated carbocycles. The highest BCUT2D eigenvalue weighted by Gasteiger charge is 2.31. The van der Waals surface area contributed by atoms with Crippen LogP contribution in [0.15, 0.2) is 10.3 Å². The van der Waals surface area contributed by atoms with Gasteiger partial charge < -0.3 is 5.11 Å². The Morgan fingerprint density at radius 1 is 1.38 bits per heavy atom. The highest BCUT2D eigenvalue weighted by molar-refractivity contribution is 7.89. The van der Waals surface area contributed by atoms with Crippen LogP contribution in [0.4, 0.5) is 0 Å². The minimum atomic E-state index is -3.74. The molecular formula is C14H21NO4S2. The van der Waals surface area contributed by atoms with E-state index in [9.17, 15) is 18.3 Å². The second-order valence-electron chi connectivity index (χ2n) is 5.67. The zero-order chi connectivity index (χ0) is 15.6. The van der Waals surface area contributed by atoms with Gasteiger partial charge in [0.25, 0.3) is 0 Å². The molecule has 0 spiro atoms. The Morgan fingerprint density at radius 2 is 2.00 bits per heavy atom. The van der Waals surface area contributed by atoms with Crippen molar-refractivity contribution in [2.45, 2.75) is 43.9 Å². The molecule has 7 heteroatoms. The molecule has 5 nitrogen and oxygen atoms in total. The first-order chi connectivity index (χ1) is 9.84. The van der Waals surface area contributed by atoms with Crippen LogP contribution >= 0.6 is 11.3 Å². The minimum absolute atomic E-state index is 0.0432. The van der Waals surface area contributed by atoms with Gasteiger partial charge in [0.2, 0.25) is 10.0 Å².